The van der Waals surface area contributed by atoms with Crippen molar-refractivity contribution >= 4 is 40.4 Å². The molecule has 1 saturated heterocycles. The second-order valence-corrected chi connectivity index (χ2v) is 13.2. The zero-order valence-corrected chi connectivity index (χ0v) is 24.6. The largest absolute Gasteiger partial charge is 0.354 e. The number of H-pyrrole nitrogens is 1. The van der Waals surface area contributed by atoms with E-state index in [1.807, 2.05) is 19.1 Å². The van der Waals surface area contributed by atoms with Gasteiger partial charge in [0, 0.05) is 35.9 Å². The maximum atomic E-state index is 13.2. The van der Waals surface area contributed by atoms with E-state index in [1.54, 1.807) is 19.0 Å². The van der Waals surface area contributed by atoms with Crippen molar-refractivity contribution in [3.8, 4) is 6.07 Å². The van der Waals surface area contributed by atoms with Crippen molar-refractivity contribution in [3.05, 3.63) is 48.6 Å². The molecule has 3 aromatic heterocycles. The van der Waals surface area contributed by atoms with E-state index in [4.69, 9.17) is 0 Å². The average Bonchev–Trinajstić information content (AvgIpc) is 3.48. The van der Waals surface area contributed by atoms with Crippen LogP contribution >= 0.6 is 22.7 Å². The summed E-state index contributed by atoms with van der Waals surface area (Å²) < 4.78 is 0. The second kappa shape index (κ2) is 10.6. The second-order valence-electron chi connectivity index (χ2n) is 10.9. The normalized spacial score (nSPS) is 22.5. The van der Waals surface area contributed by atoms with Crippen LogP contribution in [0, 0.1) is 17.2 Å². The minimum atomic E-state index is -0.931. The van der Waals surface area contributed by atoms with E-state index in [1.165, 1.54) is 22.7 Å². The number of amides is 3. The monoisotopic (exact) mass is 593 g/mol. The van der Waals surface area contributed by atoms with E-state index in [-0.39, 0.29) is 42.4 Å². The molecule has 1 aliphatic heterocycles. The van der Waals surface area contributed by atoms with Crippen LogP contribution in [0.15, 0.2) is 12.1 Å². The van der Waals surface area contributed by atoms with Gasteiger partial charge in [0.1, 0.15) is 6.04 Å². The minimum Gasteiger partial charge on any atom is -0.354 e. The van der Waals surface area contributed by atoms with E-state index in [0.29, 0.717) is 40.8 Å². The summed E-state index contributed by atoms with van der Waals surface area (Å²) in [4.78, 5) is 43.7. The highest BCUT2D eigenvalue weighted by atomic mass is 32.1. The minimum absolute atomic E-state index is 0.0703. The topological polar surface area (TPSA) is 169 Å². The fourth-order valence-corrected chi connectivity index (χ4v) is 8.87. The first kappa shape index (κ1) is 27.5. The number of carbonyl (C=O) groups excluding carboxylic acids is 3. The molecule has 14 heteroatoms. The molecule has 4 N–H and O–H groups in total. The molecule has 4 heterocycles. The summed E-state index contributed by atoms with van der Waals surface area (Å²) in [5, 5.41) is 33.8. The lowest BCUT2D eigenvalue weighted by molar-refractivity contribution is -0.131. The lowest BCUT2D eigenvalue weighted by atomic mass is 9.70. The lowest BCUT2D eigenvalue weighted by Crippen LogP contribution is -2.46. The standard InChI is InChI=1S/C27H31N9O3S2/c1-13(31-12-23(37)36-15(11-28)6-14-7-18(14)36)10-27(26-32-34-35-33-26)16-8-21(24(38)29-2)40-19(16)4-5-20-17(27)9-22(41-20)25(39)30-3/h8-9,13-15,18,31H,4-7,10,12H2,1-3H3,(H,29,38)(H,30,39)(H,32,33,34,35)/t13-,14-,15+,18+/m1/s1. The van der Waals surface area contributed by atoms with Gasteiger partial charge in [-0.3, -0.25) is 14.4 Å². The van der Waals surface area contributed by atoms with Crippen molar-refractivity contribution in [3.63, 3.8) is 0 Å². The number of fused-ring (bicyclic) bond motifs is 3. The van der Waals surface area contributed by atoms with E-state index in [0.717, 1.165) is 33.7 Å². The van der Waals surface area contributed by atoms with Gasteiger partial charge in [0.25, 0.3) is 11.8 Å². The summed E-state index contributed by atoms with van der Waals surface area (Å²) in [7, 11) is 3.22. The summed E-state index contributed by atoms with van der Waals surface area (Å²) in [5.41, 5.74) is 0.888. The fraction of sp³-hybridized carbons (Fsp3) is 0.519. The number of nitrogens with one attached hydrogen (secondary N) is 4. The zero-order chi connectivity index (χ0) is 28.9. The third-order valence-corrected chi connectivity index (χ3v) is 10.9. The first-order chi connectivity index (χ1) is 19.8. The molecule has 0 bridgehead atoms. The Morgan fingerprint density at radius 2 is 1.76 bits per heavy atom. The molecule has 2 aliphatic carbocycles. The van der Waals surface area contributed by atoms with E-state index in [9.17, 15) is 19.6 Å². The number of hydrogen-bond donors (Lipinski definition) is 4. The highest BCUT2D eigenvalue weighted by molar-refractivity contribution is 7.15. The van der Waals surface area contributed by atoms with Gasteiger partial charge < -0.3 is 20.9 Å². The first-order valence-electron chi connectivity index (χ1n) is 13.7. The number of tetrazole rings is 1. The molecule has 4 atom stereocenters. The Bertz CT molecular complexity index is 1480. The third kappa shape index (κ3) is 4.61. The van der Waals surface area contributed by atoms with Crippen molar-refractivity contribution < 1.29 is 14.4 Å². The van der Waals surface area contributed by atoms with Crippen LogP contribution < -0.4 is 16.0 Å². The van der Waals surface area contributed by atoms with Crippen LogP contribution in [0.25, 0.3) is 0 Å². The number of aryl methyl sites for hydroxylation is 2. The van der Waals surface area contributed by atoms with Gasteiger partial charge in [-0.25, -0.2) is 0 Å². The van der Waals surface area contributed by atoms with Crippen LogP contribution in [0.2, 0.25) is 0 Å². The fourth-order valence-electron chi connectivity index (χ4n) is 6.50. The maximum absolute atomic E-state index is 13.2. The number of hydrogen-bond acceptors (Lipinski definition) is 10. The Kier molecular flexibility index (Phi) is 7.13. The van der Waals surface area contributed by atoms with E-state index in [2.05, 4.69) is 42.6 Å². The SMILES string of the molecule is CNC(=O)c1cc2c(s1)CCc1sc(C(=O)NC)cc1C2(C[C@@H](C)NCC(=O)N1[C@H](C#N)C[C@@H]2C[C@@H]21)c1nn[nH]n1. The molecule has 0 unspecified atom stereocenters. The number of rotatable bonds is 8. The summed E-state index contributed by atoms with van der Waals surface area (Å²) >= 11 is 2.91. The lowest BCUT2D eigenvalue weighted by Gasteiger charge is -2.34. The highest BCUT2D eigenvalue weighted by Gasteiger charge is 2.54. The van der Waals surface area contributed by atoms with E-state index >= 15 is 0 Å². The van der Waals surface area contributed by atoms with Crippen molar-refractivity contribution in [2.24, 2.45) is 5.92 Å². The Balaban J connectivity index is 1.39. The Morgan fingerprint density at radius 3 is 2.29 bits per heavy atom. The molecular formula is C27H31N9O3S2. The predicted octanol–water partition coefficient (Wildman–Crippen LogP) is 1.36. The molecule has 3 aromatic rings. The van der Waals surface area contributed by atoms with Gasteiger partial charge in [0.15, 0.2) is 5.82 Å². The van der Waals surface area contributed by atoms with Crippen LogP contribution in [0.5, 0.6) is 0 Å². The molecule has 0 radical (unpaired) electrons. The average molecular weight is 594 g/mol. The highest BCUT2D eigenvalue weighted by Crippen LogP contribution is 2.51. The predicted molar refractivity (Wildman–Crippen MR) is 152 cm³/mol. The Labute approximate surface area is 244 Å². The quantitative estimate of drug-likeness (QED) is 0.304. The van der Waals surface area contributed by atoms with Gasteiger partial charge in [-0.2, -0.15) is 10.5 Å². The van der Waals surface area contributed by atoms with Gasteiger partial charge in [0.05, 0.1) is 27.8 Å². The van der Waals surface area contributed by atoms with Crippen LogP contribution in [-0.4, -0.2) is 82.0 Å². The number of likely N-dealkylation sites (tertiary alicyclic amines) is 1. The van der Waals surface area contributed by atoms with Gasteiger partial charge >= 0.3 is 0 Å². The molecular weight excluding hydrogens is 562 g/mol. The van der Waals surface area contributed by atoms with Gasteiger partial charge in [-0.15, -0.1) is 32.9 Å². The first-order valence-corrected chi connectivity index (χ1v) is 15.3. The number of aromatic nitrogens is 4. The van der Waals surface area contributed by atoms with Crippen molar-refractivity contribution in [1.29, 1.82) is 5.26 Å². The Morgan fingerprint density at radius 1 is 1.12 bits per heavy atom. The van der Waals surface area contributed by atoms with Crippen LogP contribution in [0.1, 0.15) is 72.2 Å². The molecule has 6 rings (SSSR count). The number of aromatic amines is 1. The summed E-state index contributed by atoms with van der Waals surface area (Å²) in [6.07, 6.45) is 3.58. The number of nitrogens with zero attached hydrogens (tertiary/aromatic N) is 5. The van der Waals surface area contributed by atoms with Gasteiger partial charge in [-0.1, -0.05) is 5.21 Å². The molecule has 3 aliphatic rings. The number of nitriles is 1. The summed E-state index contributed by atoms with van der Waals surface area (Å²) in [6, 6.07) is 5.72. The van der Waals surface area contributed by atoms with Crippen LogP contribution in [0.4, 0.5) is 0 Å². The molecule has 1 saturated carbocycles. The Hall–Kier alpha value is -3.67. The zero-order valence-electron chi connectivity index (χ0n) is 23.0. The number of carbonyl (C=O) groups is 3. The molecule has 41 heavy (non-hydrogen) atoms. The van der Waals surface area contributed by atoms with Crippen molar-refractivity contribution in [2.45, 2.75) is 62.6 Å². The molecule has 214 valence electrons. The third-order valence-electron chi connectivity index (χ3n) is 8.50. The van der Waals surface area contributed by atoms with Crippen molar-refractivity contribution in [2.75, 3.05) is 20.6 Å². The molecule has 2 fully saturated rings. The van der Waals surface area contributed by atoms with Gasteiger partial charge in [-0.05, 0) is 68.2 Å². The summed E-state index contributed by atoms with van der Waals surface area (Å²) in [6.45, 7) is 2.11. The smallest absolute Gasteiger partial charge is 0.261 e. The maximum Gasteiger partial charge on any atom is 0.261 e. The molecule has 0 spiro atoms. The molecule has 0 aromatic carbocycles. The van der Waals surface area contributed by atoms with E-state index < -0.39 is 5.41 Å². The molecule has 12 nitrogen and oxygen atoms in total. The van der Waals surface area contributed by atoms with Crippen LogP contribution in [-0.2, 0) is 23.1 Å². The van der Waals surface area contributed by atoms with Crippen LogP contribution in [0.3, 0.4) is 0 Å². The number of piperidine rings is 1. The van der Waals surface area contributed by atoms with Gasteiger partial charge in [0.2, 0.25) is 5.91 Å². The van der Waals surface area contributed by atoms with Crippen molar-refractivity contribution in [1.82, 2.24) is 41.5 Å². The molecule has 3 amide bonds. The number of thiophene rings is 2. The summed E-state index contributed by atoms with van der Waals surface area (Å²) in [5.74, 6) is 0.476.